The molecule has 0 bridgehead atoms. The maximum atomic E-state index is 7.29. The largest absolute Gasteiger partial charge is 0.316 e. The number of nitrogens with zero attached hydrogens (tertiary/aromatic N) is 1. The highest BCUT2D eigenvalue weighted by molar-refractivity contribution is 7.21. The second kappa shape index (κ2) is 8.52. The predicted molar refractivity (Wildman–Crippen MR) is 175 cm³/mol. The number of anilines is 3. The van der Waals surface area contributed by atoms with E-state index in [1.807, 2.05) is 0 Å². The quantitative estimate of drug-likeness (QED) is 0.255. The molecular formula is C37H24B2ClN. The third-order valence-corrected chi connectivity index (χ3v) is 9.94. The molecule has 9 rings (SSSR count). The van der Waals surface area contributed by atoms with Crippen molar-refractivity contribution in [2.75, 3.05) is 4.90 Å². The van der Waals surface area contributed by atoms with E-state index in [4.69, 9.17) is 11.5 Å². The van der Waals surface area contributed by atoms with Crippen LogP contribution in [-0.2, 0) is 5.41 Å². The van der Waals surface area contributed by atoms with Crippen LogP contribution in [0.5, 0.6) is 0 Å². The highest BCUT2D eigenvalue weighted by Crippen LogP contribution is 2.49. The van der Waals surface area contributed by atoms with Gasteiger partial charge in [-0.25, -0.2) is 0 Å². The Hall–Kier alpha value is -4.46. The Balaban J connectivity index is 1.48. The minimum atomic E-state index is -0.481. The Bertz CT molecular complexity index is 1960. The molecule has 0 N–H and O–H groups in total. The molecule has 4 heteroatoms. The Morgan fingerprint density at radius 2 is 0.927 bits per heavy atom. The van der Waals surface area contributed by atoms with E-state index in [9.17, 15) is 0 Å². The summed E-state index contributed by atoms with van der Waals surface area (Å²) in [5, 5.41) is 0. The molecule has 3 aliphatic heterocycles. The summed E-state index contributed by atoms with van der Waals surface area (Å²) >= 11 is 7.29. The molecule has 3 aliphatic rings. The van der Waals surface area contributed by atoms with E-state index in [-0.39, 0.29) is 12.8 Å². The lowest BCUT2D eigenvalue weighted by atomic mass is 9.28. The van der Waals surface area contributed by atoms with Crippen molar-refractivity contribution in [2.45, 2.75) is 5.41 Å². The van der Waals surface area contributed by atoms with Crippen LogP contribution in [-0.4, -0.2) is 12.8 Å². The molecule has 1 nitrogen and oxygen atoms in total. The fraction of sp³-hybridized carbons (Fsp3) is 0.0270. The Morgan fingerprint density at radius 3 is 1.61 bits per heavy atom. The highest BCUT2D eigenvalue weighted by atomic mass is 35.5. The summed E-state index contributed by atoms with van der Waals surface area (Å²) in [4.78, 5) is 2.46. The lowest BCUT2D eigenvalue weighted by molar-refractivity contribution is 0.757. The smallest absolute Gasteiger partial charge is 0.312 e. The lowest BCUT2D eigenvalue weighted by Gasteiger charge is -2.51. The van der Waals surface area contributed by atoms with Crippen molar-refractivity contribution < 1.29 is 0 Å². The van der Waals surface area contributed by atoms with Gasteiger partial charge >= 0.3 is 6.13 Å². The molecule has 1 spiro atoms. The van der Waals surface area contributed by atoms with Gasteiger partial charge < -0.3 is 4.90 Å². The van der Waals surface area contributed by atoms with E-state index >= 15 is 0 Å². The van der Waals surface area contributed by atoms with Crippen LogP contribution in [0.3, 0.4) is 0 Å². The van der Waals surface area contributed by atoms with Crippen LogP contribution in [0, 0.1) is 0 Å². The molecule has 6 aromatic rings. The van der Waals surface area contributed by atoms with Gasteiger partial charge in [-0.05, 0) is 57.4 Å². The van der Waals surface area contributed by atoms with Crippen molar-refractivity contribution in [1.29, 1.82) is 0 Å². The van der Waals surface area contributed by atoms with Gasteiger partial charge in [-0.3, -0.25) is 0 Å². The minimum Gasteiger partial charge on any atom is -0.312 e. The van der Waals surface area contributed by atoms with Crippen LogP contribution in [0.25, 0.3) is 0 Å². The molecule has 0 radical (unpaired) electrons. The van der Waals surface area contributed by atoms with Crippen molar-refractivity contribution >= 4 is 68.7 Å². The number of hydrogen-bond donors (Lipinski definition) is 0. The molecule has 0 aliphatic carbocycles. The summed E-state index contributed by atoms with van der Waals surface area (Å²) in [6, 6.07) is 53.4. The summed E-state index contributed by atoms with van der Waals surface area (Å²) in [6.07, 6.45) is -0.195. The lowest BCUT2D eigenvalue weighted by Crippen LogP contribution is -2.67. The van der Waals surface area contributed by atoms with Crippen LogP contribution in [0.2, 0.25) is 0 Å². The zero-order valence-electron chi connectivity index (χ0n) is 22.3. The van der Waals surface area contributed by atoms with Gasteiger partial charge in [-0.15, -0.1) is 0 Å². The fourth-order valence-electron chi connectivity index (χ4n) is 8.02. The minimum absolute atomic E-state index is 0.132. The van der Waals surface area contributed by atoms with Gasteiger partial charge in [0.2, 0.25) is 6.71 Å². The zero-order chi connectivity index (χ0) is 27.1. The van der Waals surface area contributed by atoms with E-state index < -0.39 is 5.41 Å². The first kappa shape index (κ1) is 23.3. The molecule has 0 amide bonds. The number of fused-ring (bicyclic) bond motifs is 10. The molecule has 190 valence electrons. The third-order valence-electron chi connectivity index (χ3n) is 9.47. The molecule has 0 aromatic heterocycles. The van der Waals surface area contributed by atoms with E-state index in [1.54, 1.807) is 0 Å². The third kappa shape index (κ3) is 2.89. The summed E-state index contributed by atoms with van der Waals surface area (Å²) in [5.41, 5.74) is 14.9. The van der Waals surface area contributed by atoms with Crippen molar-refractivity contribution in [3.8, 4) is 0 Å². The van der Waals surface area contributed by atoms with Gasteiger partial charge in [0.1, 0.15) is 0 Å². The molecular weight excluding hydrogens is 515 g/mol. The second-order valence-electron chi connectivity index (χ2n) is 11.3. The van der Waals surface area contributed by atoms with Crippen molar-refractivity contribution in [1.82, 2.24) is 0 Å². The van der Waals surface area contributed by atoms with Crippen molar-refractivity contribution in [3.05, 3.63) is 168 Å². The normalized spacial score (nSPS) is 15.0. The van der Waals surface area contributed by atoms with Crippen LogP contribution < -0.4 is 32.2 Å². The maximum Gasteiger partial charge on any atom is 0.316 e. The number of para-hydroxylation sites is 2. The van der Waals surface area contributed by atoms with Gasteiger partial charge in [0, 0.05) is 17.1 Å². The first-order valence-electron chi connectivity index (χ1n) is 14.3. The van der Waals surface area contributed by atoms with E-state index in [0.717, 1.165) is 0 Å². The Labute approximate surface area is 246 Å². The summed E-state index contributed by atoms with van der Waals surface area (Å²) in [5.74, 6) is 0. The van der Waals surface area contributed by atoms with Gasteiger partial charge in [0.25, 0.3) is 0 Å². The van der Waals surface area contributed by atoms with Gasteiger partial charge in [0.05, 0.1) is 5.41 Å². The molecule has 0 fully saturated rings. The average Bonchev–Trinajstić information content (AvgIpc) is 3.05. The number of benzene rings is 6. The first-order chi connectivity index (χ1) is 20.3. The van der Waals surface area contributed by atoms with Crippen LogP contribution in [0.15, 0.2) is 146 Å². The molecule has 3 heterocycles. The molecule has 0 unspecified atom stereocenters. The van der Waals surface area contributed by atoms with Crippen molar-refractivity contribution in [3.63, 3.8) is 0 Å². The summed E-state index contributed by atoms with van der Waals surface area (Å²) in [6.45, 7) is 0.132. The topological polar surface area (TPSA) is 3.24 Å². The Morgan fingerprint density at radius 1 is 0.439 bits per heavy atom. The first-order valence-corrected chi connectivity index (χ1v) is 14.7. The molecule has 0 saturated carbocycles. The van der Waals surface area contributed by atoms with Crippen LogP contribution in [0.1, 0.15) is 22.3 Å². The average molecular weight is 540 g/mol. The number of rotatable bonds is 1. The summed E-state index contributed by atoms with van der Waals surface area (Å²) < 4.78 is 0. The van der Waals surface area contributed by atoms with E-state index in [1.165, 1.54) is 66.6 Å². The zero-order valence-corrected chi connectivity index (χ0v) is 23.1. The van der Waals surface area contributed by atoms with E-state index in [2.05, 4.69) is 150 Å². The van der Waals surface area contributed by atoms with Gasteiger partial charge in [0.15, 0.2) is 0 Å². The van der Waals surface area contributed by atoms with Crippen LogP contribution >= 0.6 is 11.5 Å². The van der Waals surface area contributed by atoms with Gasteiger partial charge in [-0.1, -0.05) is 138 Å². The van der Waals surface area contributed by atoms with Gasteiger partial charge in [-0.2, -0.15) is 11.5 Å². The molecule has 41 heavy (non-hydrogen) atoms. The van der Waals surface area contributed by atoms with Crippen LogP contribution in [0.4, 0.5) is 17.1 Å². The van der Waals surface area contributed by atoms with Crippen molar-refractivity contribution in [2.24, 2.45) is 0 Å². The standard InChI is InChI=1S/C37H24B2ClN/c40-39-31-20-8-5-16-27(31)37(28-17-6-9-21-32(28)39)26-15-4-7-19-30(26)38-33-22-10-11-23-34(33)41(25-13-2-1-3-14-25)35-24-12-18-29(37)36(35)38/h1-24H. The molecule has 0 atom stereocenters. The fourth-order valence-corrected chi connectivity index (χ4v) is 8.41. The summed E-state index contributed by atoms with van der Waals surface area (Å²) in [7, 11) is 0. The number of hydrogen-bond acceptors (Lipinski definition) is 1. The molecule has 0 saturated heterocycles. The Kier molecular flexibility index (Phi) is 4.84. The number of halogens is 1. The highest BCUT2D eigenvalue weighted by Gasteiger charge is 2.54. The monoisotopic (exact) mass is 539 g/mol. The maximum absolute atomic E-state index is 7.29. The SMILES string of the molecule is ClB1c2ccccc2C2(c3ccccc31)c1ccccc1B1c3ccccc3N(c3ccccc3)c3cccc2c31. The predicted octanol–water partition coefficient (Wildman–Crippen LogP) is 5.34. The molecule has 6 aromatic carbocycles. The second-order valence-corrected chi connectivity index (χ2v) is 11.7. The van der Waals surface area contributed by atoms with E-state index in [0.29, 0.717) is 0 Å².